The fourth-order valence-corrected chi connectivity index (χ4v) is 4.49. The first-order valence-corrected chi connectivity index (χ1v) is 13.9. The number of ether oxygens (including phenoxy) is 1. The van der Waals surface area contributed by atoms with Gasteiger partial charge in [-0.25, -0.2) is 19.1 Å². The van der Waals surface area contributed by atoms with Crippen LogP contribution in [0.4, 0.5) is 10.2 Å². The third-order valence-electron chi connectivity index (χ3n) is 6.83. The van der Waals surface area contributed by atoms with Crippen LogP contribution < -0.4 is 20.7 Å². The lowest BCUT2D eigenvalue weighted by Crippen LogP contribution is -2.38. The number of halogens is 1. The van der Waals surface area contributed by atoms with Crippen LogP contribution in [0.3, 0.4) is 0 Å². The molecule has 3 aromatic rings. The maximum atomic E-state index is 13.4. The SMILES string of the molecule is Cc1ccccc1OOC(=O)[C@@H](N)CCN(CCCCc1ccc2c(n1)NCCC2)CCOc1cncc(F)c1. The van der Waals surface area contributed by atoms with Gasteiger partial charge in [0, 0.05) is 31.4 Å². The van der Waals surface area contributed by atoms with Gasteiger partial charge in [-0.05, 0) is 75.3 Å². The van der Waals surface area contributed by atoms with Gasteiger partial charge in [0.1, 0.15) is 30.0 Å². The number of rotatable bonds is 15. The van der Waals surface area contributed by atoms with Crippen molar-refractivity contribution in [2.75, 3.05) is 38.1 Å². The number of hydrogen-bond acceptors (Lipinski definition) is 9. The van der Waals surface area contributed by atoms with Crippen molar-refractivity contribution < 1.29 is 23.7 Å². The predicted molar refractivity (Wildman–Crippen MR) is 151 cm³/mol. The second kappa shape index (κ2) is 15.1. The number of carbonyl (C=O) groups excluding carboxylic acids is 1. The third-order valence-corrected chi connectivity index (χ3v) is 6.83. The quantitative estimate of drug-likeness (QED) is 0.163. The lowest BCUT2D eigenvalue weighted by atomic mass is 10.1. The average Bonchev–Trinajstić information content (AvgIpc) is 2.97. The lowest BCUT2D eigenvalue weighted by molar-refractivity contribution is -0.215. The highest BCUT2D eigenvalue weighted by atomic mass is 19.1. The summed E-state index contributed by atoms with van der Waals surface area (Å²) in [6, 6.07) is 12.0. The number of nitrogens with one attached hydrogen (secondary N) is 1. The molecule has 10 heteroatoms. The van der Waals surface area contributed by atoms with Gasteiger partial charge in [-0.1, -0.05) is 24.3 Å². The number of pyridine rings is 2. The van der Waals surface area contributed by atoms with E-state index in [4.69, 9.17) is 25.2 Å². The largest absolute Gasteiger partial charge is 0.491 e. The van der Waals surface area contributed by atoms with Crippen LogP contribution in [0.15, 0.2) is 54.9 Å². The summed E-state index contributed by atoms with van der Waals surface area (Å²) in [5.41, 5.74) is 9.34. The molecule has 0 saturated heterocycles. The molecular weight excluding hydrogens is 513 g/mol. The zero-order valence-electron chi connectivity index (χ0n) is 23.0. The molecule has 4 rings (SSSR count). The highest BCUT2D eigenvalue weighted by Crippen LogP contribution is 2.20. The fraction of sp³-hybridized carbons (Fsp3) is 0.433. The van der Waals surface area contributed by atoms with Crippen LogP contribution >= 0.6 is 0 Å². The minimum atomic E-state index is -0.841. The summed E-state index contributed by atoms with van der Waals surface area (Å²) in [7, 11) is 0. The third kappa shape index (κ3) is 9.17. The number of hydrogen-bond donors (Lipinski definition) is 2. The minimum absolute atomic E-state index is 0.346. The summed E-state index contributed by atoms with van der Waals surface area (Å²) >= 11 is 0. The van der Waals surface area contributed by atoms with Crippen molar-refractivity contribution >= 4 is 11.8 Å². The van der Waals surface area contributed by atoms with Crippen molar-refractivity contribution in [2.24, 2.45) is 5.73 Å². The Morgan fingerprint density at radius 3 is 2.88 bits per heavy atom. The van der Waals surface area contributed by atoms with Crippen molar-refractivity contribution in [3.05, 3.63) is 77.5 Å². The molecule has 3 heterocycles. The van der Waals surface area contributed by atoms with Gasteiger partial charge in [0.15, 0.2) is 5.75 Å². The maximum Gasteiger partial charge on any atom is 0.371 e. The zero-order valence-corrected chi connectivity index (χ0v) is 23.0. The molecule has 214 valence electrons. The standard InChI is InChI=1S/C30H38FN5O4/c1-22-7-2-3-10-28(22)39-40-30(37)27(32)13-16-36(17-18-38-26-19-24(31)20-33-21-26)15-5-4-9-25-12-11-23-8-6-14-34-29(23)35-25/h2-3,7,10-12,19-21,27H,4-6,8-9,13-18,32H2,1H3,(H,34,35)/t27-/m0/s1. The van der Waals surface area contributed by atoms with Crippen molar-refractivity contribution in [1.82, 2.24) is 14.9 Å². The number of nitrogens with two attached hydrogens (primary N) is 1. The fourth-order valence-electron chi connectivity index (χ4n) is 4.49. The smallest absolute Gasteiger partial charge is 0.371 e. The number of aromatic nitrogens is 2. The molecule has 9 nitrogen and oxygen atoms in total. The van der Waals surface area contributed by atoms with Gasteiger partial charge in [-0.15, -0.1) is 0 Å². The van der Waals surface area contributed by atoms with E-state index in [1.807, 2.05) is 19.1 Å². The summed E-state index contributed by atoms with van der Waals surface area (Å²) in [4.78, 5) is 33.4. The van der Waals surface area contributed by atoms with Crippen molar-refractivity contribution in [3.63, 3.8) is 0 Å². The van der Waals surface area contributed by atoms with Crippen LogP contribution in [0.25, 0.3) is 0 Å². The zero-order chi connectivity index (χ0) is 28.2. The Labute approximate surface area is 234 Å². The van der Waals surface area contributed by atoms with E-state index in [9.17, 15) is 9.18 Å². The van der Waals surface area contributed by atoms with E-state index >= 15 is 0 Å². The highest BCUT2D eigenvalue weighted by Gasteiger charge is 2.19. The van der Waals surface area contributed by atoms with Gasteiger partial charge in [0.2, 0.25) is 0 Å². The van der Waals surface area contributed by atoms with E-state index < -0.39 is 17.8 Å². The number of unbranched alkanes of at least 4 members (excludes halogenated alkanes) is 1. The molecule has 0 unspecified atom stereocenters. The number of fused-ring (bicyclic) bond motifs is 1. The Hall–Kier alpha value is -3.76. The molecule has 1 aliphatic heterocycles. The molecule has 0 aliphatic carbocycles. The van der Waals surface area contributed by atoms with E-state index in [0.29, 0.717) is 37.6 Å². The first kappa shape index (κ1) is 29.2. The normalized spacial score (nSPS) is 13.3. The molecule has 0 amide bonds. The highest BCUT2D eigenvalue weighted by molar-refractivity contribution is 5.75. The van der Waals surface area contributed by atoms with E-state index in [1.165, 1.54) is 17.8 Å². The van der Waals surface area contributed by atoms with Crippen LogP contribution in [0.2, 0.25) is 0 Å². The van der Waals surface area contributed by atoms with E-state index in [2.05, 4.69) is 27.3 Å². The van der Waals surface area contributed by atoms with Crippen molar-refractivity contribution in [1.29, 1.82) is 0 Å². The van der Waals surface area contributed by atoms with Crippen molar-refractivity contribution in [3.8, 4) is 11.5 Å². The topological polar surface area (TPSA) is 112 Å². The number of carbonyl (C=O) groups is 1. The number of anilines is 1. The van der Waals surface area contributed by atoms with Gasteiger partial charge < -0.3 is 15.8 Å². The molecule has 0 radical (unpaired) electrons. The Morgan fingerprint density at radius 2 is 2.02 bits per heavy atom. The molecule has 1 aliphatic rings. The van der Waals surface area contributed by atoms with Crippen LogP contribution in [-0.2, 0) is 22.5 Å². The summed E-state index contributed by atoms with van der Waals surface area (Å²) in [6.07, 6.45) is 8.01. The maximum absolute atomic E-state index is 13.4. The van der Waals surface area contributed by atoms with Gasteiger partial charge in [0.25, 0.3) is 0 Å². The lowest BCUT2D eigenvalue weighted by Gasteiger charge is -2.23. The molecule has 1 aromatic carbocycles. The Bertz CT molecular complexity index is 1240. The van der Waals surface area contributed by atoms with Gasteiger partial charge in [-0.3, -0.25) is 14.8 Å². The molecule has 0 fully saturated rings. The Morgan fingerprint density at radius 1 is 1.15 bits per heavy atom. The monoisotopic (exact) mass is 551 g/mol. The second-order valence-corrected chi connectivity index (χ2v) is 9.97. The molecule has 40 heavy (non-hydrogen) atoms. The summed E-state index contributed by atoms with van der Waals surface area (Å²) < 4.78 is 19.1. The van der Waals surface area contributed by atoms with Crippen LogP contribution in [0, 0.1) is 12.7 Å². The van der Waals surface area contributed by atoms with Crippen molar-refractivity contribution in [2.45, 2.75) is 51.5 Å². The van der Waals surface area contributed by atoms with E-state index in [1.54, 1.807) is 12.1 Å². The summed E-state index contributed by atoms with van der Waals surface area (Å²) in [5, 5.41) is 3.39. The molecule has 1 atom stereocenters. The number of para-hydroxylation sites is 1. The molecule has 3 N–H and O–H groups in total. The Kier molecular flexibility index (Phi) is 11.1. The average molecular weight is 552 g/mol. The Balaban J connectivity index is 1.24. The first-order valence-electron chi connectivity index (χ1n) is 13.9. The predicted octanol–water partition coefficient (Wildman–Crippen LogP) is 4.24. The summed E-state index contributed by atoms with van der Waals surface area (Å²) in [6.45, 7) is 5.11. The van der Waals surface area contributed by atoms with Crippen LogP contribution in [0.5, 0.6) is 11.5 Å². The van der Waals surface area contributed by atoms with Gasteiger partial charge >= 0.3 is 5.97 Å². The number of benzene rings is 1. The van der Waals surface area contributed by atoms with Gasteiger partial charge in [0.05, 0.1) is 12.4 Å². The molecule has 0 bridgehead atoms. The van der Waals surface area contributed by atoms with E-state index in [-0.39, 0.29) is 0 Å². The summed E-state index contributed by atoms with van der Waals surface area (Å²) in [5.74, 6) is 0.787. The first-order chi connectivity index (χ1) is 19.5. The molecule has 0 saturated carbocycles. The molecular formula is C30H38FN5O4. The molecule has 0 spiro atoms. The molecule has 2 aromatic heterocycles. The van der Waals surface area contributed by atoms with Gasteiger partial charge in [-0.2, -0.15) is 0 Å². The second-order valence-electron chi connectivity index (χ2n) is 9.97. The van der Waals surface area contributed by atoms with Crippen LogP contribution in [0.1, 0.15) is 42.5 Å². The number of aryl methyl sites for hydroxylation is 3. The minimum Gasteiger partial charge on any atom is -0.491 e. The number of nitrogens with zero attached hydrogens (tertiary/aromatic N) is 3. The van der Waals surface area contributed by atoms with Crippen LogP contribution in [-0.4, -0.2) is 59.7 Å². The van der Waals surface area contributed by atoms with E-state index in [0.717, 1.165) is 68.5 Å².